The quantitative estimate of drug-likeness (QED) is 0.867. The first-order valence-electron chi connectivity index (χ1n) is 8.46. The summed E-state index contributed by atoms with van der Waals surface area (Å²) in [5, 5.41) is 5.21. The van der Waals surface area contributed by atoms with Gasteiger partial charge in [0.1, 0.15) is 0 Å². The molecule has 1 saturated heterocycles. The van der Waals surface area contributed by atoms with E-state index >= 15 is 0 Å². The first-order valence-corrected chi connectivity index (χ1v) is 8.46. The third-order valence-electron chi connectivity index (χ3n) is 3.70. The number of rotatable bonds is 3. The maximum Gasteiger partial charge on any atom is 0.270 e. The van der Waals surface area contributed by atoms with Crippen molar-refractivity contribution in [3.8, 4) is 5.69 Å². The highest BCUT2D eigenvalue weighted by Gasteiger charge is 2.37. The van der Waals surface area contributed by atoms with Crippen LogP contribution in [0.4, 0.5) is 0 Å². The molecule has 5 nitrogen and oxygen atoms in total. The van der Waals surface area contributed by atoms with Crippen molar-refractivity contribution in [2.24, 2.45) is 4.99 Å². The molecular weight excluding hydrogens is 302 g/mol. The standard InChI is InChI=1S/C19H25N3O2/c1-18(2,3)24-19(12-7-8-14-23-19)21-16-11-13-22(20-15-16)17-9-5-4-6-10-17/h4-6,9-11,13,15H,7-8,12,14H2,1-3H3. The number of hydrogen-bond acceptors (Lipinski definition) is 4. The zero-order valence-corrected chi connectivity index (χ0v) is 14.6. The van der Waals surface area contributed by atoms with Gasteiger partial charge in [-0.1, -0.05) is 18.2 Å². The van der Waals surface area contributed by atoms with Crippen molar-refractivity contribution < 1.29 is 9.47 Å². The van der Waals surface area contributed by atoms with Gasteiger partial charge in [-0.25, -0.2) is 9.67 Å². The monoisotopic (exact) mass is 327 g/mol. The molecule has 128 valence electrons. The molecule has 0 N–H and O–H groups in total. The van der Waals surface area contributed by atoms with Gasteiger partial charge in [0.05, 0.1) is 29.4 Å². The molecule has 0 spiro atoms. The van der Waals surface area contributed by atoms with Crippen LogP contribution in [-0.2, 0) is 9.47 Å². The van der Waals surface area contributed by atoms with Crippen LogP contribution in [0.2, 0.25) is 0 Å². The molecule has 1 aromatic carbocycles. The van der Waals surface area contributed by atoms with E-state index in [4.69, 9.17) is 14.5 Å². The fourth-order valence-electron chi connectivity index (χ4n) is 2.77. The van der Waals surface area contributed by atoms with Crippen LogP contribution in [0.15, 0.2) is 53.8 Å². The molecule has 0 radical (unpaired) electrons. The molecule has 1 aliphatic heterocycles. The van der Waals surface area contributed by atoms with Crippen molar-refractivity contribution in [3.63, 3.8) is 0 Å². The van der Waals surface area contributed by atoms with Gasteiger partial charge in [-0.3, -0.25) is 0 Å². The number of para-hydroxylation sites is 1. The second-order valence-corrected chi connectivity index (χ2v) is 7.01. The molecular formula is C19H25N3O2. The molecule has 3 rings (SSSR count). The van der Waals surface area contributed by atoms with Crippen molar-refractivity contribution >= 4 is 0 Å². The molecule has 0 bridgehead atoms. The van der Waals surface area contributed by atoms with Gasteiger partial charge in [-0.15, -0.1) is 0 Å². The average Bonchev–Trinajstić information content (AvgIpc) is 2.55. The topological polar surface area (TPSA) is 48.6 Å². The Hall–Kier alpha value is -1.98. The van der Waals surface area contributed by atoms with E-state index in [2.05, 4.69) is 5.10 Å². The van der Waals surface area contributed by atoms with Crippen molar-refractivity contribution in [2.75, 3.05) is 6.61 Å². The number of aromatic nitrogens is 2. The van der Waals surface area contributed by atoms with E-state index in [1.54, 1.807) is 6.20 Å². The lowest BCUT2D eigenvalue weighted by molar-refractivity contribution is -0.290. The van der Waals surface area contributed by atoms with Gasteiger partial charge >= 0.3 is 0 Å². The van der Waals surface area contributed by atoms with E-state index in [9.17, 15) is 0 Å². The molecule has 2 aromatic rings. The van der Waals surface area contributed by atoms with E-state index < -0.39 is 5.91 Å². The van der Waals surface area contributed by atoms with E-state index in [-0.39, 0.29) is 5.60 Å². The lowest BCUT2D eigenvalue weighted by Crippen LogP contribution is -2.44. The molecule has 2 heterocycles. The highest BCUT2D eigenvalue weighted by Crippen LogP contribution is 2.31. The largest absolute Gasteiger partial charge is 0.331 e. The van der Waals surface area contributed by atoms with Crippen LogP contribution in [0, 0.1) is 0 Å². The lowest BCUT2D eigenvalue weighted by atomic mass is 10.1. The maximum atomic E-state index is 6.16. The van der Waals surface area contributed by atoms with E-state index in [1.165, 1.54) is 0 Å². The van der Waals surface area contributed by atoms with Gasteiger partial charge < -0.3 is 9.47 Å². The third-order valence-corrected chi connectivity index (χ3v) is 3.70. The predicted molar refractivity (Wildman–Crippen MR) is 92.5 cm³/mol. The van der Waals surface area contributed by atoms with Gasteiger partial charge in [0.2, 0.25) is 0 Å². The Balaban J connectivity index is 1.90. The Kier molecular flexibility index (Phi) is 4.83. The van der Waals surface area contributed by atoms with Crippen molar-refractivity contribution in [3.05, 3.63) is 54.1 Å². The van der Waals surface area contributed by atoms with Crippen LogP contribution in [0.5, 0.6) is 0 Å². The molecule has 5 heteroatoms. The maximum absolute atomic E-state index is 6.16. The second-order valence-electron chi connectivity index (χ2n) is 7.01. The van der Waals surface area contributed by atoms with Crippen molar-refractivity contribution in [1.82, 2.24) is 9.78 Å². The summed E-state index contributed by atoms with van der Waals surface area (Å²) in [6.45, 7) is 6.74. The smallest absolute Gasteiger partial charge is 0.270 e. The van der Waals surface area contributed by atoms with Gasteiger partial charge in [0, 0.05) is 12.6 Å². The van der Waals surface area contributed by atoms with Crippen LogP contribution in [0.25, 0.3) is 5.69 Å². The first-order chi connectivity index (χ1) is 11.5. The zero-order valence-electron chi connectivity index (χ0n) is 14.6. The number of ether oxygens (including phenoxy) is 2. The molecule has 1 atom stereocenters. The van der Waals surface area contributed by atoms with Crippen LogP contribution in [-0.4, -0.2) is 27.9 Å². The van der Waals surface area contributed by atoms with Crippen molar-refractivity contribution in [1.29, 1.82) is 0 Å². The minimum absolute atomic E-state index is 0.326. The summed E-state index contributed by atoms with van der Waals surface area (Å²) in [7, 11) is 0. The van der Waals surface area contributed by atoms with Gasteiger partial charge in [-0.05, 0) is 51.8 Å². The Morgan fingerprint density at radius 1 is 1.17 bits per heavy atom. The molecule has 1 aromatic heterocycles. The molecule has 1 aliphatic rings. The summed E-state index contributed by atoms with van der Waals surface area (Å²) in [6.07, 6.45) is 6.51. The normalized spacial score (nSPS) is 22.5. The summed E-state index contributed by atoms with van der Waals surface area (Å²) in [5.41, 5.74) is 0.686. The summed E-state index contributed by atoms with van der Waals surface area (Å²) < 4.78 is 13.9. The summed E-state index contributed by atoms with van der Waals surface area (Å²) in [5.74, 6) is -0.906. The van der Waals surface area contributed by atoms with Crippen LogP contribution >= 0.6 is 0 Å². The summed E-state index contributed by atoms with van der Waals surface area (Å²) >= 11 is 0. The fourth-order valence-corrected chi connectivity index (χ4v) is 2.77. The Morgan fingerprint density at radius 3 is 2.54 bits per heavy atom. The molecule has 1 unspecified atom stereocenters. The zero-order chi connectivity index (χ0) is 17.0. The van der Waals surface area contributed by atoms with Gasteiger partial charge in [-0.2, -0.15) is 5.10 Å². The molecule has 0 saturated carbocycles. The molecule has 24 heavy (non-hydrogen) atoms. The number of benzene rings is 1. The van der Waals surface area contributed by atoms with E-state index in [0.717, 1.165) is 30.3 Å². The van der Waals surface area contributed by atoms with E-state index in [0.29, 0.717) is 6.61 Å². The van der Waals surface area contributed by atoms with Gasteiger partial charge in [0.15, 0.2) is 0 Å². The molecule has 1 fully saturated rings. The molecule has 0 aliphatic carbocycles. The fraction of sp³-hybridized carbons (Fsp3) is 0.474. The Bertz CT molecular complexity index is 706. The lowest BCUT2D eigenvalue weighted by Gasteiger charge is -2.38. The predicted octanol–water partition coefficient (Wildman–Crippen LogP) is 3.44. The van der Waals surface area contributed by atoms with Gasteiger partial charge in [0.25, 0.3) is 5.91 Å². The highest BCUT2D eigenvalue weighted by molar-refractivity contribution is 5.29. The summed E-state index contributed by atoms with van der Waals surface area (Å²) in [6, 6.07) is 11.9. The highest BCUT2D eigenvalue weighted by atomic mass is 16.7. The minimum atomic E-state index is -0.906. The minimum Gasteiger partial charge on any atom is -0.331 e. The second kappa shape index (κ2) is 6.87. The van der Waals surface area contributed by atoms with Crippen molar-refractivity contribution in [2.45, 2.75) is 51.5 Å². The molecule has 0 amide bonds. The van der Waals surface area contributed by atoms with Crippen LogP contribution < -0.4 is 5.36 Å². The third kappa shape index (κ3) is 4.30. The number of nitrogens with zero attached hydrogens (tertiary/aromatic N) is 3. The average molecular weight is 327 g/mol. The Morgan fingerprint density at radius 2 is 1.96 bits per heavy atom. The Labute approximate surface area is 143 Å². The first kappa shape index (κ1) is 16.9. The number of hydrogen-bond donors (Lipinski definition) is 0. The SMILES string of the molecule is CC(C)(C)OC1(N=c2ccn(-c3ccccc3)nc2)CCCCO1. The van der Waals surface area contributed by atoms with E-state index in [1.807, 2.05) is 68.0 Å². The van der Waals surface area contributed by atoms with Crippen LogP contribution in [0.1, 0.15) is 40.0 Å². The summed E-state index contributed by atoms with van der Waals surface area (Å²) in [4.78, 5) is 4.75. The van der Waals surface area contributed by atoms with Crippen LogP contribution in [0.3, 0.4) is 0 Å².